The summed E-state index contributed by atoms with van der Waals surface area (Å²) in [6.45, 7) is 0.459. The molecule has 5 heteroatoms. The van der Waals surface area contributed by atoms with Crippen LogP contribution in [0, 0.1) is 0 Å². The molecule has 3 N–H and O–H groups in total. The fourth-order valence-electron chi connectivity index (χ4n) is 1.66. The van der Waals surface area contributed by atoms with E-state index in [0.29, 0.717) is 13.0 Å². The first-order valence-corrected chi connectivity index (χ1v) is 7.21. The lowest BCUT2D eigenvalue weighted by molar-refractivity contribution is -0.131. The van der Waals surface area contributed by atoms with E-state index >= 15 is 0 Å². The number of amides is 1. The van der Waals surface area contributed by atoms with Crippen LogP contribution in [-0.2, 0) is 11.3 Å². The zero-order chi connectivity index (χ0) is 13.5. The van der Waals surface area contributed by atoms with E-state index < -0.39 is 6.04 Å². The fourth-order valence-corrected chi connectivity index (χ4v) is 2.15. The predicted octanol–water partition coefficient (Wildman–Crippen LogP) is 1.43. The second-order valence-corrected chi connectivity index (χ2v) is 5.24. The summed E-state index contributed by atoms with van der Waals surface area (Å²) in [7, 11) is 1.73. The predicted molar refractivity (Wildman–Crippen MR) is 75.6 cm³/mol. The van der Waals surface area contributed by atoms with Crippen molar-refractivity contribution in [3.05, 3.63) is 29.8 Å². The van der Waals surface area contributed by atoms with Gasteiger partial charge in [-0.15, -0.1) is 0 Å². The van der Waals surface area contributed by atoms with Crippen LogP contribution in [0.25, 0.3) is 0 Å². The van der Waals surface area contributed by atoms with Crippen LogP contribution in [0.3, 0.4) is 0 Å². The molecule has 0 heterocycles. The van der Waals surface area contributed by atoms with Crippen molar-refractivity contribution in [3.8, 4) is 5.75 Å². The molecule has 18 heavy (non-hydrogen) atoms. The molecule has 4 nitrogen and oxygen atoms in total. The molecule has 100 valence electrons. The molecule has 1 atom stereocenters. The maximum absolute atomic E-state index is 12.0. The Morgan fingerprint density at radius 1 is 1.56 bits per heavy atom. The molecular weight excluding hydrogens is 248 g/mol. The van der Waals surface area contributed by atoms with E-state index in [1.807, 2.05) is 12.3 Å². The van der Waals surface area contributed by atoms with Crippen LogP contribution >= 0.6 is 11.8 Å². The first-order chi connectivity index (χ1) is 8.54. The highest BCUT2D eigenvalue weighted by atomic mass is 32.2. The molecule has 0 aliphatic rings. The Kier molecular flexibility index (Phi) is 6.01. The molecule has 0 saturated carbocycles. The van der Waals surface area contributed by atoms with Crippen molar-refractivity contribution in [1.29, 1.82) is 0 Å². The van der Waals surface area contributed by atoms with Crippen molar-refractivity contribution in [3.63, 3.8) is 0 Å². The Bertz CT molecular complexity index is 398. The smallest absolute Gasteiger partial charge is 0.239 e. The Labute approximate surface area is 112 Å². The van der Waals surface area contributed by atoms with Crippen LogP contribution in [0.15, 0.2) is 24.3 Å². The number of nitrogens with two attached hydrogens (primary N) is 1. The molecule has 0 spiro atoms. The molecule has 0 aliphatic carbocycles. The third-order valence-corrected chi connectivity index (χ3v) is 3.30. The van der Waals surface area contributed by atoms with Gasteiger partial charge in [-0.2, -0.15) is 11.8 Å². The van der Waals surface area contributed by atoms with Gasteiger partial charge in [-0.1, -0.05) is 12.1 Å². The monoisotopic (exact) mass is 268 g/mol. The molecule has 1 rings (SSSR count). The number of hydrogen-bond acceptors (Lipinski definition) is 4. The van der Waals surface area contributed by atoms with Gasteiger partial charge >= 0.3 is 0 Å². The van der Waals surface area contributed by atoms with Gasteiger partial charge in [0.15, 0.2) is 0 Å². The highest BCUT2D eigenvalue weighted by Crippen LogP contribution is 2.13. The Morgan fingerprint density at radius 2 is 2.28 bits per heavy atom. The van der Waals surface area contributed by atoms with Gasteiger partial charge in [0.05, 0.1) is 6.04 Å². The Morgan fingerprint density at radius 3 is 2.89 bits per heavy atom. The quantitative estimate of drug-likeness (QED) is 0.819. The average Bonchev–Trinajstić information content (AvgIpc) is 2.35. The second kappa shape index (κ2) is 7.28. The van der Waals surface area contributed by atoms with E-state index in [1.54, 1.807) is 41.9 Å². The van der Waals surface area contributed by atoms with Gasteiger partial charge < -0.3 is 15.7 Å². The van der Waals surface area contributed by atoms with E-state index in [9.17, 15) is 9.90 Å². The van der Waals surface area contributed by atoms with Gasteiger partial charge in [0.25, 0.3) is 0 Å². The topological polar surface area (TPSA) is 66.6 Å². The first kappa shape index (κ1) is 14.9. The zero-order valence-electron chi connectivity index (χ0n) is 10.8. The summed E-state index contributed by atoms with van der Waals surface area (Å²) in [4.78, 5) is 13.6. The van der Waals surface area contributed by atoms with Crippen molar-refractivity contribution in [2.24, 2.45) is 5.73 Å². The summed E-state index contributed by atoms with van der Waals surface area (Å²) >= 11 is 1.68. The maximum atomic E-state index is 12.0. The molecule has 0 aromatic heterocycles. The lowest BCUT2D eigenvalue weighted by Gasteiger charge is -2.21. The SMILES string of the molecule is CSCC[C@H](N)C(=O)N(C)Cc1cccc(O)c1. The number of phenolic OH excluding ortho intramolecular Hbond substituents is 1. The molecular formula is C13H20N2O2S. The lowest BCUT2D eigenvalue weighted by atomic mass is 10.1. The van der Waals surface area contributed by atoms with Gasteiger partial charge in [0.2, 0.25) is 5.91 Å². The van der Waals surface area contributed by atoms with E-state index in [4.69, 9.17) is 5.73 Å². The number of carbonyl (C=O) groups is 1. The van der Waals surface area contributed by atoms with E-state index in [2.05, 4.69) is 0 Å². The molecule has 1 amide bonds. The summed E-state index contributed by atoms with van der Waals surface area (Å²) in [5.41, 5.74) is 6.73. The summed E-state index contributed by atoms with van der Waals surface area (Å²) < 4.78 is 0. The standard InChI is InChI=1S/C13H20N2O2S/c1-15(13(17)12(14)6-7-18-2)9-10-4-3-5-11(16)8-10/h3-5,8,12,16H,6-7,9,14H2,1-2H3/t12-/m0/s1. The van der Waals surface area contributed by atoms with Crippen LogP contribution < -0.4 is 5.73 Å². The summed E-state index contributed by atoms with van der Waals surface area (Å²) in [5, 5.41) is 9.36. The van der Waals surface area contributed by atoms with E-state index in [0.717, 1.165) is 11.3 Å². The van der Waals surface area contributed by atoms with Gasteiger partial charge in [-0.3, -0.25) is 4.79 Å². The second-order valence-electron chi connectivity index (χ2n) is 4.25. The summed E-state index contributed by atoms with van der Waals surface area (Å²) in [6.07, 6.45) is 2.68. The number of aromatic hydroxyl groups is 1. The molecule has 0 unspecified atom stereocenters. The number of thioether (sulfide) groups is 1. The van der Waals surface area contributed by atoms with Crippen molar-refractivity contribution in [1.82, 2.24) is 4.90 Å². The number of likely N-dealkylation sites (N-methyl/N-ethyl adjacent to an activating group) is 1. The molecule has 1 aromatic carbocycles. The minimum Gasteiger partial charge on any atom is -0.508 e. The van der Waals surface area contributed by atoms with Crippen molar-refractivity contribution < 1.29 is 9.90 Å². The lowest BCUT2D eigenvalue weighted by Crippen LogP contribution is -2.41. The molecule has 0 fully saturated rings. The summed E-state index contributed by atoms with van der Waals surface area (Å²) in [6, 6.07) is 6.44. The van der Waals surface area contributed by atoms with Gasteiger partial charge in [0, 0.05) is 13.6 Å². The number of rotatable bonds is 6. The Balaban J connectivity index is 2.54. The van der Waals surface area contributed by atoms with E-state index in [1.165, 1.54) is 0 Å². The zero-order valence-corrected chi connectivity index (χ0v) is 11.6. The number of phenols is 1. The van der Waals surface area contributed by atoms with Crippen LogP contribution in [0.1, 0.15) is 12.0 Å². The molecule has 0 radical (unpaired) electrons. The van der Waals surface area contributed by atoms with Crippen LogP contribution in [0.4, 0.5) is 0 Å². The summed E-state index contributed by atoms with van der Waals surface area (Å²) in [5.74, 6) is 1.03. The number of benzene rings is 1. The number of hydrogen-bond donors (Lipinski definition) is 2. The molecule has 0 aliphatic heterocycles. The van der Waals surface area contributed by atoms with Crippen LogP contribution in [-0.4, -0.2) is 41.0 Å². The maximum Gasteiger partial charge on any atom is 0.239 e. The van der Waals surface area contributed by atoms with Crippen molar-refractivity contribution >= 4 is 17.7 Å². The molecule has 1 aromatic rings. The minimum atomic E-state index is -0.445. The van der Waals surface area contributed by atoms with Gasteiger partial charge in [-0.05, 0) is 36.1 Å². The number of carbonyl (C=O) groups excluding carboxylic acids is 1. The van der Waals surface area contributed by atoms with Crippen molar-refractivity contribution in [2.75, 3.05) is 19.1 Å². The minimum absolute atomic E-state index is 0.0626. The first-order valence-electron chi connectivity index (χ1n) is 5.82. The highest BCUT2D eigenvalue weighted by molar-refractivity contribution is 7.98. The van der Waals surface area contributed by atoms with Gasteiger partial charge in [0.1, 0.15) is 5.75 Å². The van der Waals surface area contributed by atoms with Crippen LogP contribution in [0.2, 0.25) is 0 Å². The highest BCUT2D eigenvalue weighted by Gasteiger charge is 2.17. The molecule has 0 saturated heterocycles. The normalized spacial score (nSPS) is 12.2. The fraction of sp³-hybridized carbons (Fsp3) is 0.462. The van der Waals surface area contributed by atoms with Crippen LogP contribution in [0.5, 0.6) is 5.75 Å². The molecule has 0 bridgehead atoms. The largest absolute Gasteiger partial charge is 0.508 e. The number of nitrogens with zero attached hydrogens (tertiary/aromatic N) is 1. The van der Waals surface area contributed by atoms with E-state index in [-0.39, 0.29) is 11.7 Å². The Hall–Kier alpha value is -1.20. The van der Waals surface area contributed by atoms with Crippen molar-refractivity contribution in [2.45, 2.75) is 19.0 Å². The third kappa shape index (κ3) is 4.58. The third-order valence-electron chi connectivity index (χ3n) is 2.66. The van der Waals surface area contributed by atoms with Gasteiger partial charge in [-0.25, -0.2) is 0 Å². The average molecular weight is 268 g/mol.